The molecule has 0 saturated carbocycles. The Morgan fingerprint density at radius 1 is 0.750 bits per heavy atom. The maximum absolute atomic E-state index is 12.3. The van der Waals surface area contributed by atoms with Crippen LogP contribution < -0.4 is 11.5 Å². The fraction of sp³-hybridized carbons (Fsp3) is 0.964. The molecule has 236 valence electrons. The van der Waals surface area contributed by atoms with Gasteiger partial charge in [0.1, 0.15) is 42.7 Å². The lowest BCUT2D eigenvalue weighted by molar-refractivity contribution is -0.336. The maximum Gasteiger partial charge on any atom is 0.223 e. The van der Waals surface area contributed by atoms with Crippen LogP contribution in [-0.4, -0.2) is 111 Å². The first kappa shape index (κ1) is 35.3. The smallest absolute Gasteiger partial charge is 0.223 e. The van der Waals surface area contributed by atoms with Crippen LogP contribution in [-0.2, 0) is 19.0 Å². The molecule has 12 nitrogen and oxygen atoms in total. The third-order valence-electron chi connectivity index (χ3n) is 8.26. The van der Waals surface area contributed by atoms with E-state index in [-0.39, 0.29) is 0 Å². The summed E-state index contributed by atoms with van der Waals surface area (Å²) in [6, 6.07) is -1.10. The summed E-state index contributed by atoms with van der Waals surface area (Å²) in [5.74, 6) is -1.39. The van der Waals surface area contributed by atoms with Crippen LogP contribution in [0.15, 0.2) is 0 Å². The summed E-state index contributed by atoms with van der Waals surface area (Å²) in [5, 5.41) is 60.7. The Labute approximate surface area is 238 Å². The van der Waals surface area contributed by atoms with Crippen LogP contribution in [0.4, 0.5) is 0 Å². The highest BCUT2D eigenvalue weighted by atomic mass is 16.7. The molecule has 11 atom stereocenters. The number of amides is 1. The van der Waals surface area contributed by atoms with E-state index in [1.54, 1.807) is 0 Å². The molecular formula is C28H54N2O10. The molecule has 12 heteroatoms. The van der Waals surface area contributed by atoms with E-state index >= 15 is 0 Å². The van der Waals surface area contributed by atoms with E-state index in [0.717, 1.165) is 25.7 Å². The van der Waals surface area contributed by atoms with Crippen molar-refractivity contribution in [3.63, 3.8) is 0 Å². The first-order valence-corrected chi connectivity index (χ1v) is 15.1. The first-order valence-electron chi connectivity index (χ1n) is 15.1. The largest absolute Gasteiger partial charge is 0.394 e. The second-order valence-corrected chi connectivity index (χ2v) is 11.4. The summed E-state index contributed by atoms with van der Waals surface area (Å²) in [5.41, 5.74) is 12.0. The maximum atomic E-state index is 12.3. The van der Waals surface area contributed by atoms with E-state index in [4.69, 9.17) is 25.7 Å². The van der Waals surface area contributed by atoms with Gasteiger partial charge in [0.25, 0.3) is 0 Å². The van der Waals surface area contributed by atoms with Crippen LogP contribution >= 0.6 is 0 Å². The van der Waals surface area contributed by atoms with Gasteiger partial charge < -0.3 is 56.3 Å². The first-order chi connectivity index (χ1) is 19.2. The SMILES string of the molecule is CCCCCCCCCCCCCCC(C(N)=O)C1O[C@H](CO)[C@@H](O[C@@H]2O[C@H](CO)[C@H](O)[C@H](O)[C@H]2O)[C@H](O)[C@H]1N. The highest BCUT2D eigenvalue weighted by Gasteiger charge is 2.51. The fourth-order valence-electron chi connectivity index (χ4n) is 5.69. The van der Waals surface area contributed by atoms with E-state index in [1.165, 1.54) is 51.4 Å². The lowest BCUT2D eigenvalue weighted by atomic mass is 9.83. The average molecular weight is 579 g/mol. The van der Waals surface area contributed by atoms with Gasteiger partial charge in [-0.2, -0.15) is 0 Å². The molecule has 0 radical (unpaired) electrons. The van der Waals surface area contributed by atoms with Crippen LogP contribution in [0, 0.1) is 5.92 Å². The van der Waals surface area contributed by atoms with E-state index in [9.17, 15) is 35.4 Å². The molecule has 0 bridgehead atoms. The van der Waals surface area contributed by atoms with Crippen LogP contribution in [0.5, 0.6) is 0 Å². The number of carbonyl (C=O) groups excluding carboxylic acids is 1. The summed E-state index contributed by atoms with van der Waals surface area (Å²) in [6.45, 7) is 0.963. The lowest BCUT2D eigenvalue weighted by Gasteiger charge is -2.47. The second-order valence-electron chi connectivity index (χ2n) is 11.4. The standard InChI is InChI=1S/C28H54N2O10/c1-2-3-4-5-6-7-8-9-10-11-12-13-14-17(27(30)37)25-20(29)22(34)26(19(16-32)38-25)40-28-24(36)23(35)21(33)18(15-31)39-28/h17-26,28,31-36H,2-16,29H2,1H3,(H2,30,37)/t17?,18-,19-,20-,21+,22-,23+,24-,25?,26-,28+/m1/s1. The summed E-state index contributed by atoms with van der Waals surface area (Å²) < 4.78 is 16.9. The molecule has 2 heterocycles. The van der Waals surface area contributed by atoms with Crippen molar-refractivity contribution >= 4 is 5.91 Å². The Hall–Kier alpha value is -0.930. The van der Waals surface area contributed by atoms with Gasteiger partial charge in [0, 0.05) is 0 Å². The summed E-state index contributed by atoms with van der Waals surface area (Å²) in [4.78, 5) is 12.3. The number of aliphatic hydroxyl groups excluding tert-OH is 6. The third-order valence-corrected chi connectivity index (χ3v) is 8.26. The van der Waals surface area contributed by atoms with Crippen molar-refractivity contribution in [2.75, 3.05) is 13.2 Å². The number of nitrogens with two attached hydrogens (primary N) is 2. The van der Waals surface area contributed by atoms with Crippen molar-refractivity contribution in [3.05, 3.63) is 0 Å². The van der Waals surface area contributed by atoms with Crippen LogP contribution in [0.1, 0.15) is 90.4 Å². The third kappa shape index (κ3) is 10.1. The molecule has 40 heavy (non-hydrogen) atoms. The highest BCUT2D eigenvalue weighted by molar-refractivity contribution is 5.77. The molecule has 0 aromatic rings. The number of hydrogen-bond acceptors (Lipinski definition) is 11. The molecule has 0 aromatic heterocycles. The zero-order valence-electron chi connectivity index (χ0n) is 23.9. The minimum Gasteiger partial charge on any atom is -0.394 e. The van der Waals surface area contributed by atoms with Gasteiger partial charge in [0.2, 0.25) is 5.91 Å². The predicted octanol–water partition coefficient (Wildman–Crippen LogP) is -0.188. The number of rotatable bonds is 19. The molecule has 2 aliphatic rings. The summed E-state index contributed by atoms with van der Waals surface area (Å²) in [7, 11) is 0. The van der Waals surface area contributed by atoms with Gasteiger partial charge in [-0.25, -0.2) is 0 Å². The number of hydrogen-bond donors (Lipinski definition) is 8. The Bertz CT molecular complexity index is 700. The molecule has 0 spiro atoms. The molecule has 1 amide bonds. The Kier molecular flexibility index (Phi) is 16.4. The molecule has 2 saturated heterocycles. The highest BCUT2D eigenvalue weighted by Crippen LogP contribution is 2.32. The van der Waals surface area contributed by atoms with Crippen molar-refractivity contribution in [1.29, 1.82) is 0 Å². The molecule has 0 aromatic carbocycles. The molecule has 2 aliphatic heterocycles. The molecule has 10 N–H and O–H groups in total. The minimum absolute atomic E-state index is 0.425. The Balaban J connectivity index is 1.84. The van der Waals surface area contributed by atoms with Gasteiger partial charge in [0.15, 0.2) is 6.29 Å². The van der Waals surface area contributed by atoms with Gasteiger partial charge in [-0.3, -0.25) is 4.79 Å². The quantitative estimate of drug-likeness (QED) is 0.0939. The van der Waals surface area contributed by atoms with Crippen molar-refractivity contribution in [3.8, 4) is 0 Å². The molecule has 0 aliphatic carbocycles. The Morgan fingerprint density at radius 2 is 1.27 bits per heavy atom. The molecule has 2 unspecified atom stereocenters. The number of unbranched alkanes of at least 4 members (excludes halogenated alkanes) is 11. The average Bonchev–Trinajstić information content (AvgIpc) is 2.94. The lowest BCUT2D eigenvalue weighted by Crippen LogP contribution is -2.67. The van der Waals surface area contributed by atoms with E-state index in [0.29, 0.717) is 6.42 Å². The van der Waals surface area contributed by atoms with Crippen molar-refractivity contribution in [1.82, 2.24) is 0 Å². The van der Waals surface area contributed by atoms with Gasteiger partial charge in [0.05, 0.1) is 31.3 Å². The van der Waals surface area contributed by atoms with Gasteiger partial charge in [-0.15, -0.1) is 0 Å². The number of aliphatic hydroxyl groups is 6. The van der Waals surface area contributed by atoms with Crippen molar-refractivity contribution in [2.45, 2.75) is 152 Å². The van der Waals surface area contributed by atoms with Crippen molar-refractivity contribution in [2.24, 2.45) is 17.4 Å². The summed E-state index contributed by atoms with van der Waals surface area (Å²) in [6.07, 6.45) is 1.96. The van der Waals surface area contributed by atoms with E-state index in [1.807, 2.05) is 0 Å². The van der Waals surface area contributed by atoms with Gasteiger partial charge >= 0.3 is 0 Å². The number of primary amides is 1. The summed E-state index contributed by atoms with van der Waals surface area (Å²) >= 11 is 0. The normalized spacial score (nSPS) is 35.5. The monoisotopic (exact) mass is 578 g/mol. The van der Waals surface area contributed by atoms with Crippen molar-refractivity contribution < 1.29 is 49.6 Å². The number of carbonyl (C=O) groups is 1. The Morgan fingerprint density at radius 3 is 1.77 bits per heavy atom. The molecule has 2 fully saturated rings. The van der Waals surface area contributed by atoms with Crippen LogP contribution in [0.3, 0.4) is 0 Å². The van der Waals surface area contributed by atoms with Crippen LogP contribution in [0.2, 0.25) is 0 Å². The second kappa shape index (κ2) is 18.6. The molecular weight excluding hydrogens is 524 g/mol. The molecule has 2 rings (SSSR count). The van der Waals surface area contributed by atoms with E-state index < -0.39 is 86.2 Å². The van der Waals surface area contributed by atoms with E-state index in [2.05, 4.69) is 6.92 Å². The zero-order chi connectivity index (χ0) is 29.7. The van der Waals surface area contributed by atoms with Gasteiger partial charge in [-0.1, -0.05) is 84.0 Å². The van der Waals surface area contributed by atoms with Gasteiger partial charge in [-0.05, 0) is 6.42 Å². The number of ether oxygens (including phenoxy) is 3. The topological polar surface area (TPSA) is 218 Å². The minimum atomic E-state index is -1.71. The van der Waals surface area contributed by atoms with Crippen LogP contribution in [0.25, 0.3) is 0 Å². The zero-order valence-corrected chi connectivity index (χ0v) is 23.9. The fourth-order valence-corrected chi connectivity index (χ4v) is 5.69. The predicted molar refractivity (Wildman–Crippen MR) is 147 cm³/mol.